The van der Waals surface area contributed by atoms with E-state index in [1.54, 1.807) is 18.2 Å². The third kappa shape index (κ3) is 3.11. The summed E-state index contributed by atoms with van der Waals surface area (Å²) in [6.07, 6.45) is 3.64. The van der Waals surface area contributed by atoms with Gasteiger partial charge in [-0.25, -0.2) is 4.79 Å². The highest BCUT2D eigenvalue weighted by atomic mass is 16.5. The van der Waals surface area contributed by atoms with Crippen molar-refractivity contribution in [1.82, 2.24) is 0 Å². The molecule has 68 valence electrons. The zero-order chi connectivity index (χ0) is 9.52. The normalized spacial score (nSPS) is 10.2. The molecule has 0 aliphatic heterocycles. The van der Waals surface area contributed by atoms with Crippen LogP contribution in [-0.4, -0.2) is 12.6 Å². The fourth-order valence-electron chi connectivity index (χ4n) is 0.878. The van der Waals surface area contributed by atoms with Crippen LogP contribution in [0.1, 0.15) is 17.3 Å². The van der Waals surface area contributed by atoms with Crippen LogP contribution in [0.5, 0.6) is 0 Å². The van der Waals surface area contributed by atoms with Crippen LogP contribution in [0.3, 0.4) is 0 Å². The number of esters is 1. The molecule has 2 nitrogen and oxygen atoms in total. The first kappa shape index (κ1) is 9.52. The van der Waals surface area contributed by atoms with Gasteiger partial charge in [-0.05, 0) is 19.1 Å². The van der Waals surface area contributed by atoms with Gasteiger partial charge in [0.05, 0.1) is 5.56 Å². The molecule has 0 fully saturated rings. The summed E-state index contributed by atoms with van der Waals surface area (Å²) in [5.74, 6) is -0.279. The van der Waals surface area contributed by atoms with Crippen molar-refractivity contribution in [2.24, 2.45) is 0 Å². The highest BCUT2D eigenvalue weighted by molar-refractivity contribution is 5.89. The van der Waals surface area contributed by atoms with E-state index in [2.05, 4.69) is 0 Å². The molecule has 0 aliphatic carbocycles. The predicted molar refractivity (Wildman–Crippen MR) is 51.5 cm³/mol. The molecule has 1 aromatic rings. The van der Waals surface area contributed by atoms with Crippen molar-refractivity contribution in [1.29, 1.82) is 0 Å². The highest BCUT2D eigenvalue weighted by Crippen LogP contribution is 2.00. The summed E-state index contributed by atoms with van der Waals surface area (Å²) in [6, 6.07) is 8.96. The summed E-state index contributed by atoms with van der Waals surface area (Å²) in [5, 5.41) is 0. The molecule has 0 saturated carbocycles. The second-order valence-electron chi connectivity index (χ2n) is 2.53. The van der Waals surface area contributed by atoms with Crippen LogP contribution >= 0.6 is 0 Å². The smallest absolute Gasteiger partial charge is 0.338 e. The van der Waals surface area contributed by atoms with Crippen molar-refractivity contribution in [2.45, 2.75) is 6.92 Å². The van der Waals surface area contributed by atoms with Gasteiger partial charge in [0.2, 0.25) is 0 Å². The molecule has 0 spiro atoms. The third-order valence-electron chi connectivity index (χ3n) is 1.56. The fraction of sp³-hybridized carbons (Fsp3) is 0.182. The summed E-state index contributed by atoms with van der Waals surface area (Å²) < 4.78 is 4.94. The van der Waals surface area contributed by atoms with Crippen molar-refractivity contribution in [3.05, 3.63) is 48.0 Å². The number of carbonyl (C=O) groups is 1. The number of allylic oxidation sites excluding steroid dienone is 1. The lowest BCUT2D eigenvalue weighted by Gasteiger charge is -2.00. The summed E-state index contributed by atoms with van der Waals surface area (Å²) in [7, 11) is 0. The molecule has 0 unspecified atom stereocenters. The summed E-state index contributed by atoms with van der Waals surface area (Å²) >= 11 is 0. The van der Waals surface area contributed by atoms with Crippen molar-refractivity contribution >= 4 is 5.97 Å². The number of benzene rings is 1. The second-order valence-corrected chi connectivity index (χ2v) is 2.53. The largest absolute Gasteiger partial charge is 0.458 e. The van der Waals surface area contributed by atoms with Crippen LogP contribution in [0, 0.1) is 0 Å². The number of hydrogen-bond donors (Lipinski definition) is 0. The molecule has 0 bridgehead atoms. The quantitative estimate of drug-likeness (QED) is 0.522. The van der Waals surface area contributed by atoms with Gasteiger partial charge in [0.1, 0.15) is 6.61 Å². The standard InChI is InChI=1S/C11H12O2/c1-2-3-9-13-11(12)10-7-5-4-6-8-10/h2-8H,9H2,1H3. The van der Waals surface area contributed by atoms with Crippen molar-refractivity contribution in [3.8, 4) is 0 Å². The van der Waals surface area contributed by atoms with E-state index in [4.69, 9.17) is 4.74 Å². The minimum Gasteiger partial charge on any atom is -0.458 e. The van der Waals surface area contributed by atoms with Crippen LogP contribution in [0.15, 0.2) is 42.5 Å². The predicted octanol–water partition coefficient (Wildman–Crippen LogP) is 2.42. The van der Waals surface area contributed by atoms with Gasteiger partial charge in [0.25, 0.3) is 0 Å². The van der Waals surface area contributed by atoms with E-state index in [-0.39, 0.29) is 5.97 Å². The molecule has 0 N–H and O–H groups in total. The monoisotopic (exact) mass is 176 g/mol. The van der Waals surface area contributed by atoms with Crippen LogP contribution in [0.4, 0.5) is 0 Å². The van der Waals surface area contributed by atoms with Gasteiger partial charge < -0.3 is 4.74 Å². The molecule has 0 atom stereocenters. The molecule has 0 aliphatic rings. The van der Waals surface area contributed by atoms with Crippen LogP contribution in [0.25, 0.3) is 0 Å². The van der Waals surface area contributed by atoms with Gasteiger partial charge in [-0.15, -0.1) is 0 Å². The first-order valence-electron chi connectivity index (χ1n) is 4.18. The van der Waals surface area contributed by atoms with E-state index in [1.807, 2.05) is 31.2 Å². The lowest BCUT2D eigenvalue weighted by molar-refractivity contribution is 0.0549. The average molecular weight is 176 g/mol. The molecular weight excluding hydrogens is 164 g/mol. The maximum Gasteiger partial charge on any atom is 0.338 e. The number of ether oxygens (including phenoxy) is 1. The minimum absolute atomic E-state index is 0.279. The zero-order valence-electron chi connectivity index (χ0n) is 7.57. The Morgan fingerprint density at radius 2 is 2.08 bits per heavy atom. The van der Waals surface area contributed by atoms with Crippen LogP contribution in [0.2, 0.25) is 0 Å². The number of rotatable bonds is 3. The minimum atomic E-state index is -0.279. The van der Waals surface area contributed by atoms with Gasteiger partial charge >= 0.3 is 5.97 Å². The van der Waals surface area contributed by atoms with E-state index in [0.29, 0.717) is 12.2 Å². The second kappa shape index (κ2) is 5.14. The van der Waals surface area contributed by atoms with Gasteiger partial charge in [0, 0.05) is 0 Å². The molecule has 0 aromatic heterocycles. The molecule has 0 amide bonds. The SMILES string of the molecule is CC=CCOC(=O)c1ccccc1. The Morgan fingerprint density at radius 1 is 1.38 bits per heavy atom. The Morgan fingerprint density at radius 3 is 2.69 bits per heavy atom. The average Bonchev–Trinajstić information content (AvgIpc) is 2.19. The van der Waals surface area contributed by atoms with Crippen molar-refractivity contribution in [3.63, 3.8) is 0 Å². The van der Waals surface area contributed by atoms with Gasteiger partial charge in [0.15, 0.2) is 0 Å². The number of carbonyl (C=O) groups excluding carboxylic acids is 1. The Labute approximate surface area is 77.8 Å². The van der Waals surface area contributed by atoms with Gasteiger partial charge in [-0.3, -0.25) is 0 Å². The molecular formula is C11H12O2. The topological polar surface area (TPSA) is 26.3 Å². The van der Waals surface area contributed by atoms with Crippen LogP contribution in [-0.2, 0) is 4.74 Å². The summed E-state index contributed by atoms with van der Waals surface area (Å²) in [5.41, 5.74) is 0.590. The molecule has 1 aromatic carbocycles. The molecule has 1 rings (SSSR count). The molecule has 0 saturated heterocycles. The first-order chi connectivity index (χ1) is 6.34. The van der Waals surface area contributed by atoms with Crippen molar-refractivity contribution < 1.29 is 9.53 Å². The lowest BCUT2D eigenvalue weighted by atomic mass is 10.2. The van der Waals surface area contributed by atoms with E-state index in [1.165, 1.54) is 0 Å². The maximum atomic E-state index is 11.3. The third-order valence-corrected chi connectivity index (χ3v) is 1.56. The van der Waals surface area contributed by atoms with E-state index >= 15 is 0 Å². The molecule has 0 heterocycles. The van der Waals surface area contributed by atoms with E-state index in [9.17, 15) is 4.79 Å². The molecule has 0 radical (unpaired) electrons. The Balaban J connectivity index is 2.49. The lowest BCUT2D eigenvalue weighted by Crippen LogP contribution is -2.04. The summed E-state index contributed by atoms with van der Waals surface area (Å²) in [4.78, 5) is 11.3. The number of hydrogen-bond acceptors (Lipinski definition) is 2. The molecule has 2 heteroatoms. The highest BCUT2D eigenvalue weighted by Gasteiger charge is 2.03. The first-order valence-corrected chi connectivity index (χ1v) is 4.18. The summed E-state index contributed by atoms with van der Waals surface area (Å²) in [6.45, 7) is 2.22. The van der Waals surface area contributed by atoms with E-state index < -0.39 is 0 Å². The van der Waals surface area contributed by atoms with Gasteiger partial charge in [-0.2, -0.15) is 0 Å². The molecule has 13 heavy (non-hydrogen) atoms. The van der Waals surface area contributed by atoms with Gasteiger partial charge in [-0.1, -0.05) is 30.4 Å². The Hall–Kier alpha value is -1.57. The Kier molecular flexibility index (Phi) is 3.76. The Bertz CT molecular complexity index is 288. The maximum absolute atomic E-state index is 11.3. The van der Waals surface area contributed by atoms with Crippen LogP contribution < -0.4 is 0 Å². The zero-order valence-corrected chi connectivity index (χ0v) is 7.57. The van der Waals surface area contributed by atoms with Crippen molar-refractivity contribution in [2.75, 3.05) is 6.61 Å². The fourth-order valence-corrected chi connectivity index (χ4v) is 0.878. The van der Waals surface area contributed by atoms with E-state index in [0.717, 1.165) is 0 Å².